The summed E-state index contributed by atoms with van der Waals surface area (Å²) in [6.07, 6.45) is 0. The second-order valence-electron chi connectivity index (χ2n) is 3.05. The Morgan fingerprint density at radius 3 is 2.93 bits per heavy atom. The average Bonchev–Trinajstić information content (AvgIpc) is 2.17. The Kier molecular flexibility index (Phi) is 2.32. The lowest BCUT2D eigenvalue weighted by Gasteiger charge is -2.27. The molecule has 4 nitrogen and oxygen atoms in total. The van der Waals surface area contributed by atoms with Crippen molar-refractivity contribution in [3.63, 3.8) is 0 Å². The van der Waals surface area contributed by atoms with Crippen LogP contribution < -0.4 is 10.2 Å². The van der Waals surface area contributed by atoms with Crippen LogP contribution in [0.5, 0.6) is 0 Å². The Bertz CT molecular complexity index is 450. The second-order valence-corrected chi connectivity index (χ2v) is 3.37. The Labute approximate surface area is 89.6 Å². The van der Waals surface area contributed by atoms with Gasteiger partial charge in [0.2, 0.25) is 5.91 Å². The summed E-state index contributed by atoms with van der Waals surface area (Å²) in [7, 11) is 0. The van der Waals surface area contributed by atoms with Crippen LogP contribution in [0, 0.1) is 5.82 Å². The zero-order valence-corrected chi connectivity index (χ0v) is 8.21. The van der Waals surface area contributed by atoms with Crippen molar-refractivity contribution in [1.82, 2.24) is 0 Å². The molecule has 1 N–H and O–H groups in total. The third-order valence-corrected chi connectivity index (χ3v) is 2.24. The van der Waals surface area contributed by atoms with Crippen LogP contribution in [0.15, 0.2) is 18.2 Å². The lowest BCUT2D eigenvalue weighted by molar-refractivity contribution is -0.115. The largest absolute Gasteiger partial charge is 0.323 e. The molecule has 0 spiro atoms. The predicted molar refractivity (Wildman–Crippen MR) is 53.6 cm³/mol. The Morgan fingerprint density at radius 1 is 1.53 bits per heavy atom. The number of hydrogen-bond donors (Lipinski definition) is 1. The van der Waals surface area contributed by atoms with Gasteiger partial charge in [0.1, 0.15) is 12.4 Å². The van der Waals surface area contributed by atoms with Gasteiger partial charge < -0.3 is 5.32 Å². The maximum atomic E-state index is 12.9. The SMILES string of the molecule is O=C1CN(C(=O)Cl)c2cc(F)ccc2N1. The highest BCUT2D eigenvalue weighted by molar-refractivity contribution is 6.66. The first-order valence-electron chi connectivity index (χ1n) is 4.14. The third kappa shape index (κ3) is 1.78. The highest BCUT2D eigenvalue weighted by atomic mass is 35.5. The van der Waals surface area contributed by atoms with Gasteiger partial charge in [-0.15, -0.1) is 0 Å². The number of benzene rings is 1. The van der Waals surface area contributed by atoms with Gasteiger partial charge in [0.15, 0.2) is 0 Å². The van der Waals surface area contributed by atoms with E-state index >= 15 is 0 Å². The molecule has 78 valence electrons. The molecule has 0 radical (unpaired) electrons. The van der Waals surface area contributed by atoms with Gasteiger partial charge in [-0.05, 0) is 29.8 Å². The summed E-state index contributed by atoms with van der Waals surface area (Å²) in [5, 5.41) is 1.71. The first kappa shape index (κ1) is 9.92. The Balaban J connectivity index is 2.52. The van der Waals surface area contributed by atoms with Crippen molar-refractivity contribution >= 4 is 34.2 Å². The zero-order valence-electron chi connectivity index (χ0n) is 7.46. The highest BCUT2D eigenvalue weighted by Gasteiger charge is 2.26. The van der Waals surface area contributed by atoms with E-state index in [-0.39, 0.29) is 18.1 Å². The Morgan fingerprint density at radius 2 is 2.27 bits per heavy atom. The van der Waals surface area contributed by atoms with Crippen LogP contribution in [0.1, 0.15) is 0 Å². The molecule has 0 unspecified atom stereocenters. The molecular formula is C9H6ClFN2O2. The minimum atomic E-state index is -0.809. The molecule has 6 heteroatoms. The summed E-state index contributed by atoms with van der Waals surface area (Å²) in [4.78, 5) is 23.2. The van der Waals surface area contributed by atoms with Crippen molar-refractivity contribution in [1.29, 1.82) is 0 Å². The topological polar surface area (TPSA) is 49.4 Å². The van der Waals surface area contributed by atoms with E-state index in [9.17, 15) is 14.0 Å². The number of hydrogen-bond acceptors (Lipinski definition) is 2. The average molecular weight is 229 g/mol. The fourth-order valence-corrected chi connectivity index (χ4v) is 1.56. The molecular weight excluding hydrogens is 223 g/mol. The summed E-state index contributed by atoms with van der Waals surface area (Å²) in [5.41, 5.74) is 0.649. The third-order valence-electron chi connectivity index (χ3n) is 2.04. The molecule has 2 amide bonds. The van der Waals surface area contributed by atoms with E-state index in [0.29, 0.717) is 5.69 Å². The first-order chi connectivity index (χ1) is 7.08. The normalized spacial score (nSPS) is 14.5. The summed E-state index contributed by atoms with van der Waals surface area (Å²) in [6.45, 7) is -0.196. The van der Waals surface area contributed by atoms with Gasteiger partial charge in [0.05, 0.1) is 11.4 Å². The van der Waals surface area contributed by atoms with Gasteiger partial charge in [-0.25, -0.2) is 4.39 Å². The van der Waals surface area contributed by atoms with Crippen LogP contribution in [0.2, 0.25) is 0 Å². The lowest BCUT2D eigenvalue weighted by Crippen LogP contribution is -2.39. The van der Waals surface area contributed by atoms with Crippen molar-refractivity contribution in [3.05, 3.63) is 24.0 Å². The van der Waals surface area contributed by atoms with E-state index < -0.39 is 11.2 Å². The standard InChI is InChI=1S/C9H6ClFN2O2/c10-9(15)13-4-8(14)12-6-2-1-5(11)3-7(6)13/h1-3H,4H2,(H,12,14). The molecule has 1 aromatic carbocycles. The minimum absolute atomic E-state index is 0.196. The smallest absolute Gasteiger partial charge is 0.321 e. The van der Waals surface area contributed by atoms with Gasteiger partial charge in [0.25, 0.3) is 0 Å². The number of carbonyl (C=O) groups excluding carboxylic acids is 2. The number of nitrogens with zero attached hydrogens (tertiary/aromatic N) is 1. The van der Waals surface area contributed by atoms with E-state index in [1.165, 1.54) is 12.1 Å². The summed E-state index contributed by atoms with van der Waals surface area (Å²) >= 11 is 5.29. The number of rotatable bonds is 0. The van der Waals surface area contributed by atoms with E-state index in [0.717, 1.165) is 11.0 Å². The van der Waals surface area contributed by atoms with Gasteiger partial charge >= 0.3 is 5.37 Å². The van der Waals surface area contributed by atoms with Gasteiger partial charge in [-0.2, -0.15) is 0 Å². The first-order valence-corrected chi connectivity index (χ1v) is 4.52. The molecule has 0 aliphatic carbocycles. The summed E-state index contributed by atoms with van der Waals surface area (Å²) in [6, 6.07) is 3.73. The number of amides is 2. The molecule has 15 heavy (non-hydrogen) atoms. The van der Waals surface area contributed by atoms with Gasteiger partial charge in [-0.3, -0.25) is 14.5 Å². The fourth-order valence-electron chi connectivity index (χ4n) is 1.41. The van der Waals surface area contributed by atoms with Crippen LogP contribution >= 0.6 is 11.6 Å². The van der Waals surface area contributed by atoms with Crippen molar-refractivity contribution in [3.8, 4) is 0 Å². The highest BCUT2D eigenvalue weighted by Crippen LogP contribution is 2.30. The van der Waals surface area contributed by atoms with E-state index in [1.54, 1.807) is 0 Å². The predicted octanol–water partition coefficient (Wildman–Crippen LogP) is 1.94. The molecule has 1 aromatic rings. The number of carbonyl (C=O) groups is 2. The molecule has 0 saturated heterocycles. The maximum absolute atomic E-state index is 12.9. The molecule has 0 bridgehead atoms. The number of nitrogens with one attached hydrogen (secondary N) is 1. The van der Waals surface area contributed by atoms with E-state index in [1.807, 2.05) is 0 Å². The quantitative estimate of drug-likeness (QED) is 0.545. The van der Waals surface area contributed by atoms with E-state index in [4.69, 9.17) is 11.6 Å². The number of fused-ring (bicyclic) bond motifs is 1. The second kappa shape index (κ2) is 3.51. The van der Waals surface area contributed by atoms with Gasteiger partial charge in [-0.1, -0.05) is 0 Å². The van der Waals surface area contributed by atoms with Crippen LogP contribution in [0.25, 0.3) is 0 Å². The van der Waals surface area contributed by atoms with Crippen molar-refractivity contribution < 1.29 is 14.0 Å². The maximum Gasteiger partial charge on any atom is 0.321 e. The summed E-state index contributed by atoms with van der Waals surface area (Å²) in [5.74, 6) is -0.851. The Hall–Kier alpha value is -1.62. The molecule has 1 heterocycles. The van der Waals surface area contributed by atoms with Crippen LogP contribution in [0.4, 0.5) is 20.6 Å². The molecule has 0 aromatic heterocycles. The van der Waals surface area contributed by atoms with Crippen LogP contribution in [0.3, 0.4) is 0 Å². The van der Waals surface area contributed by atoms with Crippen LogP contribution in [-0.4, -0.2) is 17.8 Å². The lowest BCUT2D eigenvalue weighted by atomic mass is 10.2. The molecule has 0 atom stereocenters. The van der Waals surface area contributed by atoms with E-state index in [2.05, 4.69) is 5.32 Å². The monoisotopic (exact) mass is 228 g/mol. The minimum Gasteiger partial charge on any atom is -0.323 e. The number of halogens is 2. The van der Waals surface area contributed by atoms with Crippen molar-refractivity contribution in [2.24, 2.45) is 0 Å². The number of anilines is 2. The molecule has 1 aliphatic heterocycles. The molecule has 0 saturated carbocycles. The van der Waals surface area contributed by atoms with Crippen molar-refractivity contribution in [2.45, 2.75) is 0 Å². The zero-order chi connectivity index (χ0) is 11.0. The van der Waals surface area contributed by atoms with Crippen LogP contribution in [-0.2, 0) is 4.79 Å². The fraction of sp³-hybridized carbons (Fsp3) is 0.111. The van der Waals surface area contributed by atoms with Gasteiger partial charge in [0, 0.05) is 0 Å². The summed E-state index contributed by atoms with van der Waals surface area (Å²) < 4.78 is 12.9. The molecule has 1 aliphatic rings. The van der Waals surface area contributed by atoms with Crippen molar-refractivity contribution in [2.75, 3.05) is 16.8 Å². The molecule has 0 fully saturated rings. The molecule has 2 rings (SSSR count).